The lowest BCUT2D eigenvalue weighted by atomic mass is 10.0. The van der Waals surface area contributed by atoms with E-state index >= 15 is 0 Å². The zero-order valence-corrected chi connectivity index (χ0v) is 17.6. The number of hydrogen-bond acceptors (Lipinski definition) is 4. The molecular formula is C24H28FN3O2. The second-order valence-electron chi connectivity index (χ2n) is 7.60. The van der Waals surface area contributed by atoms with Crippen molar-refractivity contribution in [3.05, 3.63) is 88.5 Å². The molecule has 0 spiro atoms. The molecule has 0 amide bonds. The quantitative estimate of drug-likeness (QED) is 0.525. The number of nitrogens with one attached hydrogen (secondary N) is 1. The summed E-state index contributed by atoms with van der Waals surface area (Å²) in [6.45, 7) is 6.68. The molecule has 1 heterocycles. The summed E-state index contributed by atoms with van der Waals surface area (Å²) in [5.74, 6) is -0.309. The number of ketones is 1. The Morgan fingerprint density at radius 3 is 2.47 bits per heavy atom. The molecule has 2 aromatic carbocycles. The molecule has 1 aromatic heterocycles. The molecule has 6 heteroatoms. The van der Waals surface area contributed by atoms with Crippen molar-refractivity contribution in [2.24, 2.45) is 0 Å². The number of hydrogen-bond donors (Lipinski definition) is 2. The standard InChI is InChI=1S/C24H28FN3O2/c1-16-23(18(3)28(27-16)15-19-7-5-4-6-8-19)22(29)13-14-26-17(2)24(30)20-9-11-21(25)12-10-20/h4-12,17,24,26,30H,13-15H2,1-3H3. The van der Waals surface area contributed by atoms with E-state index in [1.807, 2.05) is 55.8 Å². The van der Waals surface area contributed by atoms with Crippen LogP contribution in [0.5, 0.6) is 0 Å². The van der Waals surface area contributed by atoms with Gasteiger partial charge in [0.2, 0.25) is 0 Å². The average Bonchev–Trinajstić information content (AvgIpc) is 3.01. The summed E-state index contributed by atoms with van der Waals surface area (Å²) in [6, 6.07) is 15.5. The van der Waals surface area contributed by atoms with Crippen molar-refractivity contribution in [1.82, 2.24) is 15.1 Å². The SMILES string of the molecule is Cc1nn(Cc2ccccc2)c(C)c1C(=O)CCNC(C)C(O)c1ccc(F)cc1. The van der Waals surface area contributed by atoms with Crippen LogP contribution in [0.3, 0.4) is 0 Å². The smallest absolute Gasteiger partial charge is 0.167 e. The molecule has 2 atom stereocenters. The van der Waals surface area contributed by atoms with E-state index in [1.165, 1.54) is 12.1 Å². The van der Waals surface area contributed by atoms with Crippen molar-refractivity contribution >= 4 is 5.78 Å². The first-order valence-electron chi connectivity index (χ1n) is 10.1. The van der Waals surface area contributed by atoms with Gasteiger partial charge in [-0.1, -0.05) is 42.5 Å². The number of halogens is 1. The maximum absolute atomic E-state index is 13.1. The second-order valence-corrected chi connectivity index (χ2v) is 7.60. The van der Waals surface area contributed by atoms with Crippen LogP contribution in [0, 0.1) is 19.7 Å². The molecule has 0 aliphatic rings. The molecule has 5 nitrogen and oxygen atoms in total. The maximum atomic E-state index is 13.1. The third-order valence-corrected chi connectivity index (χ3v) is 5.34. The summed E-state index contributed by atoms with van der Waals surface area (Å²) in [5.41, 5.74) is 4.03. The Morgan fingerprint density at radius 1 is 1.13 bits per heavy atom. The summed E-state index contributed by atoms with van der Waals surface area (Å²) in [4.78, 5) is 12.8. The summed E-state index contributed by atoms with van der Waals surface area (Å²) < 4.78 is 14.9. The van der Waals surface area contributed by atoms with Gasteiger partial charge in [-0.3, -0.25) is 9.48 Å². The molecule has 0 aliphatic carbocycles. The number of nitrogens with zero attached hydrogens (tertiary/aromatic N) is 2. The van der Waals surface area contributed by atoms with Crippen molar-refractivity contribution < 1.29 is 14.3 Å². The zero-order chi connectivity index (χ0) is 21.7. The Bertz CT molecular complexity index is 984. The van der Waals surface area contributed by atoms with Crippen LogP contribution in [0.4, 0.5) is 4.39 Å². The van der Waals surface area contributed by atoms with E-state index in [1.54, 1.807) is 12.1 Å². The van der Waals surface area contributed by atoms with Crippen LogP contribution >= 0.6 is 0 Å². The Morgan fingerprint density at radius 2 is 1.80 bits per heavy atom. The van der Waals surface area contributed by atoms with Crippen LogP contribution < -0.4 is 5.32 Å². The summed E-state index contributed by atoms with van der Waals surface area (Å²) in [6.07, 6.45) is -0.475. The van der Waals surface area contributed by atoms with Gasteiger partial charge >= 0.3 is 0 Å². The van der Waals surface area contributed by atoms with E-state index in [2.05, 4.69) is 10.4 Å². The third kappa shape index (κ3) is 5.20. The maximum Gasteiger partial charge on any atom is 0.167 e. The van der Waals surface area contributed by atoms with Crippen molar-refractivity contribution in [1.29, 1.82) is 0 Å². The van der Waals surface area contributed by atoms with Gasteiger partial charge in [-0.15, -0.1) is 0 Å². The van der Waals surface area contributed by atoms with Crippen LogP contribution in [0.1, 0.15) is 52.3 Å². The monoisotopic (exact) mass is 409 g/mol. The number of Topliss-reactive ketones (excluding diaryl/α,β-unsaturated/α-hetero) is 1. The van der Waals surface area contributed by atoms with E-state index in [0.717, 1.165) is 17.0 Å². The predicted molar refractivity (Wildman–Crippen MR) is 115 cm³/mol. The second kappa shape index (κ2) is 9.78. The lowest BCUT2D eigenvalue weighted by Crippen LogP contribution is -2.33. The molecule has 0 bridgehead atoms. The molecule has 3 aromatic rings. The lowest BCUT2D eigenvalue weighted by molar-refractivity contribution is 0.0971. The molecule has 30 heavy (non-hydrogen) atoms. The number of aliphatic hydroxyl groups excluding tert-OH is 1. The largest absolute Gasteiger partial charge is 0.387 e. The molecule has 0 fully saturated rings. The third-order valence-electron chi connectivity index (χ3n) is 5.34. The zero-order valence-electron chi connectivity index (χ0n) is 17.6. The molecule has 158 valence electrons. The number of carbonyl (C=O) groups excluding carboxylic acids is 1. The van der Waals surface area contributed by atoms with E-state index in [4.69, 9.17) is 0 Å². The van der Waals surface area contributed by atoms with E-state index < -0.39 is 6.10 Å². The number of aryl methyl sites for hydroxylation is 1. The fourth-order valence-corrected chi connectivity index (χ4v) is 3.61. The Labute approximate surface area is 176 Å². The fraction of sp³-hybridized carbons (Fsp3) is 0.333. The van der Waals surface area contributed by atoms with Gasteiger partial charge in [-0.25, -0.2) is 4.39 Å². The first-order valence-corrected chi connectivity index (χ1v) is 10.1. The van der Waals surface area contributed by atoms with Gasteiger partial charge in [0.25, 0.3) is 0 Å². The minimum atomic E-state index is -0.780. The van der Waals surface area contributed by atoms with E-state index in [-0.39, 0.29) is 17.6 Å². The van der Waals surface area contributed by atoms with Crippen molar-refractivity contribution in [2.75, 3.05) is 6.54 Å². The van der Waals surface area contributed by atoms with Crippen LogP contribution in [0.25, 0.3) is 0 Å². The van der Waals surface area contributed by atoms with Gasteiger partial charge < -0.3 is 10.4 Å². The van der Waals surface area contributed by atoms with E-state index in [0.29, 0.717) is 30.6 Å². The molecule has 3 rings (SSSR count). The number of benzene rings is 2. The molecule has 0 aliphatic heterocycles. The van der Waals surface area contributed by atoms with Crippen molar-refractivity contribution in [3.63, 3.8) is 0 Å². The van der Waals surface area contributed by atoms with Gasteiger partial charge in [-0.2, -0.15) is 5.10 Å². The Hall–Kier alpha value is -2.83. The van der Waals surface area contributed by atoms with Crippen LogP contribution in [-0.4, -0.2) is 33.3 Å². The number of rotatable bonds is 9. The fourth-order valence-electron chi connectivity index (χ4n) is 3.61. The predicted octanol–water partition coefficient (Wildman–Crippen LogP) is 3.97. The minimum Gasteiger partial charge on any atom is -0.387 e. The normalized spacial score (nSPS) is 13.2. The van der Waals surface area contributed by atoms with Gasteiger partial charge in [-0.05, 0) is 44.0 Å². The number of aromatic nitrogens is 2. The Kier molecular flexibility index (Phi) is 7.13. The van der Waals surface area contributed by atoms with Crippen molar-refractivity contribution in [3.8, 4) is 0 Å². The molecule has 0 radical (unpaired) electrons. The first-order chi connectivity index (χ1) is 14.4. The van der Waals surface area contributed by atoms with Crippen LogP contribution in [-0.2, 0) is 6.54 Å². The summed E-state index contributed by atoms with van der Waals surface area (Å²) >= 11 is 0. The van der Waals surface area contributed by atoms with E-state index in [9.17, 15) is 14.3 Å². The van der Waals surface area contributed by atoms with Gasteiger partial charge in [0.1, 0.15) is 5.82 Å². The van der Waals surface area contributed by atoms with Gasteiger partial charge in [0.05, 0.1) is 23.9 Å². The number of aliphatic hydroxyl groups is 1. The topological polar surface area (TPSA) is 67.2 Å². The van der Waals surface area contributed by atoms with Crippen molar-refractivity contribution in [2.45, 2.75) is 45.9 Å². The Balaban J connectivity index is 1.57. The highest BCUT2D eigenvalue weighted by Gasteiger charge is 2.20. The van der Waals surface area contributed by atoms with Gasteiger partial charge in [0.15, 0.2) is 5.78 Å². The van der Waals surface area contributed by atoms with Crippen LogP contribution in [0.15, 0.2) is 54.6 Å². The highest BCUT2D eigenvalue weighted by atomic mass is 19.1. The molecular weight excluding hydrogens is 381 g/mol. The average molecular weight is 410 g/mol. The summed E-state index contributed by atoms with van der Waals surface area (Å²) in [5, 5.41) is 18.2. The van der Waals surface area contributed by atoms with Crippen LogP contribution in [0.2, 0.25) is 0 Å². The first kappa shape index (κ1) is 21.9. The van der Waals surface area contributed by atoms with Gasteiger partial charge in [0, 0.05) is 24.7 Å². The molecule has 0 saturated heterocycles. The lowest BCUT2D eigenvalue weighted by Gasteiger charge is -2.20. The molecule has 2 unspecified atom stereocenters. The molecule has 2 N–H and O–H groups in total. The molecule has 0 saturated carbocycles. The minimum absolute atomic E-state index is 0.0280. The summed E-state index contributed by atoms with van der Waals surface area (Å²) in [7, 11) is 0. The highest BCUT2D eigenvalue weighted by Crippen LogP contribution is 2.19. The highest BCUT2D eigenvalue weighted by molar-refractivity contribution is 5.98. The number of carbonyl (C=O) groups is 1.